The lowest BCUT2D eigenvalue weighted by Gasteiger charge is -2.36. The van der Waals surface area contributed by atoms with E-state index in [9.17, 15) is 0 Å². The second kappa shape index (κ2) is 7.77. The Morgan fingerprint density at radius 2 is 1.50 bits per heavy atom. The molecule has 26 heavy (non-hydrogen) atoms. The van der Waals surface area contributed by atoms with E-state index in [0.29, 0.717) is 6.54 Å². The standard InChI is InChI=1S/C19H21N7/c1-3-7-20-16(5-1)14-22-17-13-19(24-15-23-17)26-11-9-25(10-12-26)18-6-2-4-8-21-18/h1-8,13,15H,9-12,14H2,(H,22,23,24). The molecule has 1 aliphatic heterocycles. The second-order valence-electron chi connectivity index (χ2n) is 6.10. The zero-order chi connectivity index (χ0) is 17.6. The van der Waals surface area contributed by atoms with Gasteiger partial charge in [0.15, 0.2) is 0 Å². The fourth-order valence-corrected chi connectivity index (χ4v) is 3.01. The van der Waals surface area contributed by atoms with Gasteiger partial charge in [-0.15, -0.1) is 0 Å². The third-order valence-corrected chi connectivity index (χ3v) is 4.41. The van der Waals surface area contributed by atoms with Crippen LogP contribution >= 0.6 is 0 Å². The van der Waals surface area contributed by atoms with Gasteiger partial charge in [0.25, 0.3) is 0 Å². The normalized spacial score (nSPS) is 14.3. The smallest absolute Gasteiger partial charge is 0.134 e. The Hall–Kier alpha value is -3.22. The number of nitrogens with zero attached hydrogens (tertiary/aromatic N) is 6. The van der Waals surface area contributed by atoms with E-state index in [0.717, 1.165) is 49.3 Å². The van der Waals surface area contributed by atoms with Crippen LogP contribution in [-0.4, -0.2) is 46.1 Å². The van der Waals surface area contributed by atoms with Gasteiger partial charge in [-0.2, -0.15) is 0 Å². The van der Waals surface area contributed by atoms with E-state index in [1.165, 1.54) is 0 Å². The van der Waals surface area contributed by atoms with Gasteiger partial charge in [-0.3, -0.25) is 4.98 Å². The number of rotatable bonds is 5. The SMILES string of the molecule is c1ccc(CNc2cc(N3CCN(c4ccccn4)CC3)ncn2)nc1. The minimum absolute atomic E-state index is 0.644. The first kappa shape index (κ1) is 16.3. The number of hydrogen-bond acceptors (Lipinski definition) is 7. The zero-order valence-electron chi connectivity index (χ0n) is 14.5. The molecule has 4 rings (SSSR count). The average Bonchev–Trinajstić information content (AvgIpc) is 2.74. The molecule has 132 valence electrons. The van der Waals surface area contributed by atoms with Crippen molar-refractivity contribution in [3.05, 3.63) is 66.9 Å². The fraction of sp³-hybridized carbons (Fsp3) is 0.263. The molecule has 7 nitrogen and oxygen atoms in total. The minimum Gasteiger partial charge on any atom is -0.364 e. The summed E-state index contributed by atoms with van der Waals surface area (Å²) in [6.07, 6.45) is 5.25. The lowest BCUT2D eigenvalue weighted by Crippen LogP contribution is -2.47. The Morgan fingerprint density at radius 1 is 0.769 bits per heavy atom. The number of anilines is 3. The van der Waals surface area contributed by atoms with Crippen molar-refractivity contribution >= 4 is 17.5 Å². The summed E-state index contributed by atoms with van der Waals surface area (Å²) in [5, 5.41) is 3.31. The number of nitrogens with one attached hydrogen (secondary N) is 1. The van der Waals surface area contributed by atoms with Crippen molar-refractivity contribution in [3.8, 4) is 0 Å². The van der Waals surface area contributed by atoms with Gasteiger partial charge in [0.1, 0.15) is 23.8 Å². The van der Waals surface area contributed by atoms with Crippen molar-refractivity contribution in [2.45, 2.75) is 6.54 Å². The molecule has 0 atom stereocenters. The molecule has 0 aliphatic carbocycles. The van der Waals surface area contributed by atoms with Gasteiger partial charge in [0.2, 0.25) is 0 Å². The van der Waals surface area contributed by atoms with Crippen molar-refractivity contribution < 1.29 is 0 Å². The van der Waals surface area contributed by atoms with Crippen LogP contribution in [0.1, 0.15) is 5.69 Å². The van der Waals surface area contributed by atoms with Crippen molar-refractivity contribution in [2.75, 3.05) is 41.3 Å². The van der Waals surface area contributed by atoms with Crippen molar-refractivity contribution in [2.24, 2.45) is 0 Å². The Kier molecular flexibility index (Phi) is 4.86. The summed E-state index contributed by atoms with van der Waals surface area (Å²) in [6, 6.07) is 13.9. The zero-order valence-corrected chi connectivity index (χ0v) is 14.5. The molecule has 0 aromatic carbocycles. The van der Waals surface area contributed by atoms with Crippen LogP contribution in [0.15, 0.2) is 61.2 Å². The van der Waals surface area contributed by atoms with E-state index in [4.69, 9.17) is 0 Å². The van der Waals surface area contributed by atoms with E-state index in [1.54, 1.807) is 12.5 Å². The van der Waals surface area contributed by atoms with Crippen LogP contribution in [0.5, 0.6) is 0 Å². The second-order valence-corrected chi connectivity index (χ2v) is 6.10. The number of hydrogen-bond donors (Lipinski definition) is 1. The maximum absolute atomic E-state index is 4.44. The summed E-state index contributed by atoms with van der Waals surface area (Å²) in [5.41, 5.74) is 0.983. The summed E-state index contributed by atoms with van der Waals surface area (Å²) < 4.78 is 0. The fourth-order valence-electron chi connectivity index (χ4n) is 3.01. The van der Waals surface area contributed by atoms with Gasteiger partial charge in [0, 0.05) is 44.6 Å². The highest BCUT2D eigenvalue weighted by molar-refractivity contribution is 5.50. The van der Waals surface area contributed by atoms with Gasteiger partial charge in [0.05, 0.1) is 12.2 Å². The highest BCUT2D eigenvalue weighted by Gasteiger charge is 2.19. The lowest BCUT2D eigenvalue weighted by molar-refractivity contribution is 0.641. The van der Waals surface area contributed by atoms with Crippen LogP contribution in [0.3, 0.4) is 0 Å². The molecule has 0 radical (unpaired) electrons. The third kappa shape index (κ3) is 3.88. The molecule has 3 aromatic heterocycles. The van der Waals surface area contributed by atoms with E-state index in [2.05, 4.69) is 41.1 Å². The Bertz CT molecular complexity index is 818. The van der Waals surface area contributed by atoms with Gasteiger partial charge >= 0.3 is 0 Å². The van der Waals surface area contributed by atoms with Crippen molar-refractivity contribution in [1.82, 2.24) is 19.9 Å². The average molecular weight is 347 g/mol. The molecular weight excluding hydrogens is 326 g/mol. The molecule has 0 bridgehead atoms. The summed E-state index contributed by atoms with van der Waals surface area (Å²) in [7, 11) is 0. The molecule has 1 aliphatic rings. The molecule has 0 amide bonds. The van der Waals surface area contributed by atoms with E-state index < -0.39 is 0 Å². The summed E-state index contributed by atoms with van der Waals surface area (Å²) in [6.45, 7) is 4.32. The van der Waals surface area contributed by atoms with Crippen LogP contribution in [0.4, 0.5) is 17.5 Å². The third-order valence-electron chi connectivity index (χ3n) is 4.41. The summed E-state index contributed by atoms with van der Waals surface area (Å²) in [5.74, 6) is 2.80. The van der Waals surface area contributed by atoms with Crippen LogP contribution in [-0.2, 0) is 6.54 Å². The predicted octanol–water partition coefficient (Wildman–Crippen LogP) is 2.21. The van der Waals surface area contributed by atoms with Crippen molar-refractivity contribution in [1.29, 1.82) is 0 Å². The monoisotopic (exact) mass is 347 g/mol. The highest BCUT2D eigenvalue weighted by atomic mass is 15.3. The lowest BCUT2D eigenvalue weighted by atomic mass is 10.3. The molecule has 4 heterocycles. The molecule has 3 aromatic rings. The Labute approximate surface area is 152 Å². The van der Waals surface area contributed by atoms with Gasteiger partial charge in [-0.05, 0) is 24.3 Å². The first-order valence-corrected chi connectivity index (χ1v) is 8.75. The number of piperazine rings is 1. The topological polar surface area (TPSA) is 70.1 Å². The number of pyridine rings is 2. The molecular formula is C19H21N7. The largest absolute Gasteiger partial charge is 0.364 e. The van der Waals surface area contributed by atoms with E-state index in [1.807, 2.05) is 42.6 Å². The number of aromatic nitrogens is 4. The quantitative estimate of drug-likeness (QED) is 0.759. The minimum atomic E-state index is 0.644. The first-order chi connectivity index (χ1) is 12.9. The highest BCUT2D eigenvalue weighted by Crippen LogP contribution is 2.19. The van der Waals surface area contributed by atoms with Crippen molar-refractivity contribution in [3.63, 3.8) is 0 Å². The Morgan fingerprint density at radius 3 is 2.19 bits per heavy atom. The van der Waals surface area contributed by atoms with Crippen LogP contribution in [0.2, 0.25) is 0 Å². The predicted molar refractivity (Wildman–Crippen MR) is 102 cm³/mol. The molecule has 0 spiro atoms. The van der Waals surface area contributed by atoms with Crippen LogP contribution < -0.4 is 15.1 Å². The van der Waals surface area contributed by atoms with Gasteiger partial charge < -0.3 is 15.1 Å². The van der Waals surface area contributed by atoms with E-state index in [-0.39, 0.29) is 0 Å². The van der Waals surface area contributed by atoms with Crippen LogP contribution in [0.25, 0.3) is 0 Å². The molecule has 7 heteroatoms. The summed E-state index contributed by atoms with van der Waals surface area (Å²) in [4.78, 5) is 22.1. The maximum atomic E-state index is 4.44. The maximum Gasteiger partial charge on any atom is 0.134 e. The molecule has 1 fully saturated rings. The summed E-state index contributed by atoms with van der Waals surface area (Å²) >= 11 is 0. The van der Waals surface area contributed by atoms with Gasteiger partial charge in [-0.25, -0.2) is 15.0 Å². The van der Waals surface area contributed by atoms with Gasteiger partial charge in [-0.1, -0.05) is 12.1 Å². The first-order valence-electron chi connectivity index (χ1n) is 8.75. The Balaban J connectivity index is 1.36. The molecule has 1 N–H and O–H groups in total. The molecule has 0 unspecified atom stereocenters. The molecule has 0 saturated carbocycles. The van der Waals surface area contributed by atoms with Crippen LogP contribution in [0, 0.1) is 0 Å². The molecule has 1 saturated heterocycles. The van der Waals surface area contributed by atoms with E-state index >= 15 is 0 Å².